The van der Waals surface area contributed by atoms with Crippen LogP contribution in [0.4, 0.5) is 0 Å². The van der Waals surface area contributed by atoms with E-state index in [1.54, 1.807) is 11.3 Å². The van der Waals surface area contributed by atoms with E-state index in [1.807, 2.05) is 0 Å². The van der Waals surface area contributed by atoms with Crippen molar-refractivity contribution in [2.75, 3.05) is 0 Å². The Balaban J connectivity index is 2.14. The van der Waals surface area contributed by atoms with E-state index in [1.165, 1.54) is 33.5 Å². The molecule has 0 bridgehead atoms. The number of hydrogen-bond acceptors (Lipinski definition) is 2. The highest BCUT2D eigenvalue weighted by atomic mass is 79.9. The third-order valence-corrected chi connectivity index (χ3v) is 5.10. The van der Waals surface area contributed by atoms with Crippen LogP contribution in [0.3, 0.4) is 0 Å². The number of hydrogen-bond donors (Lipinski definition) is 1. The molecule has 0 aromatic carbocycles. The Morgan fingerprint density at radius 3 is 2.69 bits per heavy atom. The van der Waals surface area contributed by atoms with Crippen LogP contribution in [0.1, 0.15) is 35.7 Å². The number of nitrogens with two attached hydrogens (primary N) is 1. The first-order valence-electron chi connectivity index (χ1n) is 4.70. The smallest absolute Gasteiger partial charge is 0.0731 e. The first-order chi connectivity index (χ1) is 6.18. The summed E-state index contributed by atoms with van der Waals surface area (Å²) in [6, 6.07) is 2.50. The van der Waals surface area contributed by atoms with Crippen molar-refractivity contribution in [3.05, 3.63) is 20.3 Å². The Labute approximate surface area is 91.5 Å². The maximum absolute atomic E-state index is 6.17. The molecule has 0 saturated heterocycles. The van der Waals surface area contributed by atoms with Gasteiger partial charge >= 0.3 is 0 Å². The van der Waals surface area contributed by atoms with Crippen molar-refractivity contribution >= 4 is 27.3 Å². The molecule has 1 aliphatic carbocycles. The van der Waals surface area contributed by atoms with Crippen molar-refractivity contribution in [3.63, 3.8) is 0 Å². The summed E-state index contributed by atoms with van der Waals surface area (Å²) >= 11 is 5.33. The SMILES string of the molecule is Cc1cc([C@H](N)C2CCC2)sc1Br. The summed E-state index contributed by atoms with van der Waals surface area (Å²) in [7, 11) is 0. The molecular formula is C10H14BrNS. The lowest BCUT2D eigenvalue weighted by molar-refractivity contribution is 0.267. The Kier molecular flexibility index (Phi) is 2.77. The van der Waals surface area contributed by atoms with E-state index in [2.05, 4.69) is 28.9 Å². The molecule has 1 nitrogen and oxygen atoms in total. The fourth-order valence-electron chi connectivity index (χ4n) is 1.68. The van der Waals surface area contributed by atoms with E-state index in [-0.39, 0.29) is 6.04 Å². The molecule has 0 aliphatic heterocycles. The second-order valence-electron chi connectivity index (χ2n) is 3.82. The third kappa shape index (κ3) is 1.83. The fourth-order valence-corrected chi connectivity index (χ4v) is 3.35. The number of thiophene rings is 1. The molecular weight excluding hydrogens is 246 g/mol. The van der Waals surface area contributed by atoms with Gasteiger partial charge in [-0.3, -0.25) is 0 Å². The molecule has 13 heavy (non-hydrogen) atoms. The quantitative estimate of drug-likeness (QED) is 0.863. The predicted octanol–water partition coefficient (Wildman–Crippen LogP) is 3.62. The molecule has 1 aromatic rings. The van der Waals surface area contributed by atoms with Gasteiger partial charge in [0.25, 0.3) is 0 Å². The molecule has 2 N–H and O–H groups in total. The molecule has 1 aromatic heterocycles. The van der Waals surface area contributed by atoms with Crippen molar-refractivity contribution in [1.29, 1.82) is 0 Å². The number of aryl methyl sites for hydroxylation is 1. The second-order valence-corrected chi connectivity index (χ2v) is 6.22. The first kappa shape index (κ1) is 9.69. The Bertz CT molecular complexity index is 284. The van der Waals surface area contributed by atoms with Gasteiger partial charge in [-0.05, 0) is 53.2 Å². The van der Waals surface area contributed by atoms with Crippen LogP contribution in [-0.4, -0.2) is 0 Å². The van der Waals surface area contributed by atoms with Gasteiger partial charge in [0, 0.05) is 10.9 Å². The van der Waals surface area contributed by atoms with Gasteiger partial charge in [0.15, 0.2) is 0 Å². The van der Waals surface area contributed by atoms with Crippen molar-refractivity contribution in [3.8, 4) is 0 Å². The van der Waals surface area contributed by atoms with Gasteiger partial charge in [-0.15, -0.1) is 11.3 Å². The third-order valence-electron chi connectivity index (χ3n) is 2.86. The highest BCUT2D eigenvalue weighted by Gasteiger charge is 2.26. The van der Waals surface area contributed by atoms with Gasteiger partial charge < -0.3 is 5.73 Å². The van der Waals surface area contributed by atoms with Gasteiger partial charge in [0.05, 0.1) is 3.79 Å². The Morgan fingerprint density at radius 1 is 1.62 bits per heavy atom. The lowest BCUT2D eigenvalue weighted by Crippen LogP contribution is -2.25. The first-order valence-corrected chi connectivity index (χ1v) is 6.31. The summed E-state index contributed by atoms with van der Waals surface area (Å²) in [6.07, 6.45) is 4.00. The summed E-state index contributed by atoms with van der Waals surface area (Å²) in [5.74, 6) is 0.741. The van der Waals surface area contributed by atoms with Crippen LogP contribution >= 0.6 is 27.3 Å². The number of rotatable bonds is 2. The molecule has 1 fully saturated rings. The lowest BCUT2D eigenvalue weighted by atomic mass is 9.79. The summed E-state index contributed by atoms with van der Waals surface area (Å²) in [5.41, 5.74) is 7.49. The zero-order valence-electron chi connectivity index (χ0n) is 7.72. The normalized spacial score (nSPS) is 19.9. The van der Waals surface area contributed by atoms with Crippen molar-refractivity contribution in [1.82, 2.24) is 0 Å². The fraction of sp³-hybridized carbons (Fsp3) is 0.600. The van der Waals surface area contributed by atoms with E-state index >= 15 is 0 Å². The predicted molar refractivity (Wildman–Crippen MR) is 61.0 cm³/mol. The minimum absolute atomic E-state index is 0.281. The minimum Gasteiger partial charge on any atom is -0.323 e. The maximum Gasteiger partial charge on any atom is 0.0731 e. The highest BCUT2D eigenvalue weighted by molar-refractivity contribution is 9.11. The summed E-state index contributed by atoms with van der Waals surface area (Å²) in [6.45, 7) is 2.12. The van der Waals surface area contributed by atoms with Crippen LogP contribution in [0.2, 0.25) is 0 Å². The van der Waals surface area contributed by atoms with Crippen molar-refractivity contribution in [2.45, 2.75) is 32.2 Å². The van der Waals surface area contributed by atoms with E-state index in [9.17, 15) is 0 Å². The second kappa shape index (κ2) is 3.71. The van der Waals surface area contributed by atoms with Crippen LogP contribution in [0.5, 0.6) is 0 Å². The topological polar surface area (TPSA) is 26.0 Å². The molecule has 0 unspecified atom stereocenters. The van der Waals surface area contributed by atoms with Crippen LogP contribution in [-0.2, 0) is 0 Å². The Morgan fingerprint density at radius 2 is 2.31 bits per heavy atom. The van der Waals surface area contributed by atoms with Crippen molar-refractivity contribution in [2.24, 2.45) is 11.7 Å². The van der Waals surface area contributed by atoms with Crippen LogP contribution < -0.4 is 5.73 Å². The minimum atomic E-state index is 0.281. The molecule has 72 valence electrons. The van der Waals surface area contributed by atoms with Gasteiger partial charge in [0.1, 0.15) is 0 Å². The molecule has 1 aliphatic rings. The summed E-state index contributed by atoms with van der Waals surface area (Å²) in [4.78, 5) is 1.34. The largest absolute Gasteiger partial charge is 0.323 e. The monoisotopic (exact) mass is 259 g/mol. The van der Waals surface area contributed by atoms with Crippen molar-refractivity contribution < 1.29 is 0 Å². The number of halogens is 1. The van der Waals surface area contributed by atoms with E-state index in [0.717, 1.165) is 5.92 Å². The van der Waals surface area contributed by atoms with Crippen LogP contribution in [0, 0.1) is 12.8 Å². The molecule has 1 atom stereocenters. The van der Waals surface area contributed by atoms with Gasteiger partial charge in [-0.1, -0.05) is 6.42 Å². The zero-order valence-corrected chi connectivity index (χ0v) is 10.1. The molecule has 0 amide bonds. The van der Waals surface area contributed by atoms with Gasteiger partial charge in [-0.2, -0.15) is 0 Å². The highest BCUT2D eigenvalue weighted by Crippen LogP contribution is 2.40. The molecule has 0 spiro atoms. The maximum atomic E-state index is 6.17. The molecule has 1 saturated carbocycles. The van der Waals surface area contributed by atoms with Gasteiger partial charge in [-0.25, -0.2) is 0 Å². The molecule has 3 heteroatoms. The lowest BCUT2D eigenvalue weighted by Gasteiger charge is -2.30. The summed E-state index contributed by atoms with van der Waals surface area (Å²) < 4.78 is 1.23. The van der Waals surface area contributed by atoms with E-state index < -0.39 is 0 Å². The molecule has 0 radical (unpaired) electrons. The Hall–Kier alpha value is 0.140. The average molecular weight is 260 g/mol. The standard InChI is InChI=1S/C10H14BrNS/c1-6-5-8(13-10(6)11)9(12)7-3-2-4-7/h5,7,9H,2-4,12H2,1H3/t9-/m1/s1. The summed E-state index contributed by atoms with van der Waals surface area (Å²) in [5, 5.41) is 0. The van der Waals surface area contributed by atoms with Gasteiger partial charge in [0.2, 0.25) is 0 Å². The molecule has 1 heterocycles. The zero-order chi connectivity index (χ0) is 9.42. The van der Waals surface area contributed by atoms with Crippen LogP contribution in [0.25, 0.3) is 0 Å². The van der Waals surface area contributed by atoms with E-state index in [0.29, 0.717) is 0 Å². The molecule has 2 rings (SSSR count). The van der Waals surface area contributed by atoms with Crippen LogP contribution in [0.15, 0.2) is 9.85 Å². The average Bonchev–Trinajstić information content (AvgIpc) is 2.28. The van der Waals surface area contributed by atoms with E-state index in [4.69, 9.17) is 5.73 Å².